The largest absolute Gasteiger partial charge is 0.494 e. The molecule has 1 saturated heterocycles. The van der Waals surface area contributed by atoms with Crippen LogP contribution in [0.25, 0.3) is 0 Å². The fourth-order valence-electron chi connectivity index (χ4n) is 5.06. The molecule has 3 N–H and O–H groups in total. The Bertz CT molecular complexity index is 922. The van der Waals surface area contributed by atoms with Gasteiger partial charge in [0.05, 0.1) is 7.11 Å². The van der Waals surface area contributed by atoms with Crippen molar-refractivity contribution >= 4 is 23.5 Å². The van der Waals surface area contributed by atoms with Gasteiger partial charge in [0, 0.05) is 30.9 Å². The van der Waals surface area contributed by atoms with Crippen LogP contribution >= 0.6 is 0 Å². The van der Waals surface area contributed by atoms with Crippen molar-refractivity contribution in [2.24, 2.45) is 5.92 Å². The Hall–Kier alpha value is -2.68. The minimum absolute atomic E-state index is 0.170. The highest BCUT2D eigenvalue weighted by Crippen LogP contribution is 2.31. The molecule has 1 atom stereocenters. The van der Waals surface area contributed by atoms with E-state index in [4.69, 9.17) is 15.5 Å². The second-order valence-electron chi connectivity index (χ2n) is 9.06. The van der Waals surface area contributed by atoms with Crippen LogP contribution in [-0.2, 0) is 0 Å². The highest BCUT2D eigenvalue weighted by atomic mass is 19.1. The Morgan fingerprint density at radius 2 is 1.97 bits per heavy atom. The van der Waals surface area contributed by atoms with Crippen LogP contribution in [0.4, 0.5) is 27.9 Å². The standard InChI is InChI=1S/C24H36FN7O/c1-3-31-13-7-10-19(31)16-32(18-11-12-20(25)21(14-18)33-2)24-29-22(26)28-23(30-24)27-15-17-8-5-4-6-9-17/h11-12,14,17,19H,3-10,13,15-16H2,1-2H3,(H3,26,27,28,29,30). The third-order valence-electron chi connectivity index (χ3n) is 6.90. The van der Waals surface area contributed by atoms with E-state index in [0.717, 1.165) is 38.2 Å². The van der Waals surface area contributed by atoms with Gasteiger partial charge < -0.3 is 20.7 Å². The molecule has 2 aliphatic rings. The first kappa shape index (κ1) is 23.5. The summed E-state index contributed by atoms with van der Waals surface area (Å²) in [6, 6.07) is 5.19. The van der Waals surface area contributed by atoms with E-state index < -0.39 is 5.82 Å². The van der Waals surface area contributed by atoms with Gasteiger partial charge in [-0.1, -0.05) is 26.2 Å². The number of ether oxygens (including phenoxy) is 1. The minimum Gasteiger partial charge on any atom is -0.494 e. The number of aromatic nitrogens is 3. The summed E-state index contributed by atoms with van der Waals surface area (Å²) in [4.78, 5) is 18.0. The molecule has 33 heavy (non-hydrogen) atoms. The van der Waals surface area contributed by atoms with Gasteiger partial charge in [-0.2, -0.15) is 15.0 Å². The molecule has 2 heterocycles. The number of likely N-dealkylation sites (N-methyl/N-ethyl adjacent to an activating group) is 1. The Kier molecular flexibility index (Phi) is 7.80. The topological polar surface area (TPSA) is 92.4 Å². The molecule has 9 heteroatoms. The lowest BCUT2D eigenvalue weighted by molar-refractivity contribution is 0.271. The van der Waals surface area contributed by atoms with Gasteiger partial charge in [0.2, 0.25) is 17.8 Å². The highest BCUT2D eigenvalue weighted by Gasteiger charge is 2.28. The predicted octanol–water partition coefficient (Wildman–Crippen LogP) is 4.22. The number of hydrogen-bond donors (Lipinski definition) is 2. The zero-order chi connectivity index (χ0) is 23.2. The van der Waals surface area contributed by atoms with E-state index in [0.29, 0.717) is 30.4 Å². The van der Waals surface area contributed by atoms with E-state index in [1.165, 1.54) is 45.3 Å². The molecule has 1 saturated carbocycles. The molecule has 1 aromatic heterocycles. The van der Waals surface area contributed by atoms with Crippen LogP contribution in [0.3, 0.4) is 0 Å². The lowest BCUT2D eigenvalue weighted by atomic mass is 9.89. The molecule has 1 aromatic carbocycles. The number of methoxy groups -OCH3 is 1. The summed E-state index contributed by atoms with van der Waals surface area (Å²) < 4.78 is 19.4. The highest BCUT2D eigenvalue weighted by molar-refractivity contribution is 5.61. The molecule has 1 unspecified atom stereocenters. The summed E-state index contributed by atoms with van der Waals surface area (Å²) in [5, 5.41) is 3.38. The van der Waals surface area contributed by atoms with Crippen LogP contribution in [0.5, 0.6) is 5.75 Å². The van der Waals surface area contributed by atoms with Crippen molar-refractivity contribution in [3.05, 3.63) is 24.0 Å². The molecule has 0 radical (unpaired) electrons. The summed E-state index contributed by atoms with van der Waals surface area (Å²) in [7, 11) is 1.47. The second-order valence-corrected chi connectivity index (χ2v) is 9.06. The van der Waals surface area contributed by atoms with E-state index in [2.05, 4.69) is 27.1 Å². The summed E-state index contributed by atoms with van der Waals surface area (Å²) in [6.07, 6.45) is 8.61. The molecular formula is C24H36FN7O. The fraction of sp³-hybridized carbons (Fsp3) is 0.625. The van der Waals surface area contributed by atoms with Gasteiger partial charge in [-0.3, -0.25) is 4.90 Å². The van der Waals surface area contributed by atoms with Crippen molar-refractivity contribution in [2.75, 3.05) is 49.2 Å². The van der Waals surface area contributed by atoms with Crippen molar-refractivity contribution in [3.63, 3.8) is 0 Å². The van der Waals surface area contributed by atoms with Crippen molar-refractivity contribution < 1.29 is 9.13 Å². The fourth-order valence-corrected chi connectivity index (χ4v) is 5.06. The van der Waals surface area contributed by atoms with Crippen LogP contribution < -0.4 is 20.7 Å². The molecular weight excluding hydrogens is 421 g/mol. The van der Waals surface area contributed by atoms with E-state index in [1.807, 2.05) is 4.90 Å². The second kappa shape index (κ2) is 11.0. The van der Waals surface area contributed by atoms with Crippen molar-refractivity contribution in [1.82, 2.24) is 19.9 Å². The number of nitrogens with one attached hydrogen (secondary N) is 1. The number of benzene rings is 1. The van der Waals surface area contributed by atoms with E-state index in [9.17, 15) is 4.39 Å². The molecule has 2 fully saturated rings. The lowest BCUT2D eigenvalue weighted by Gasteiger charge is -2.31. The minimum atomic E-state index is -0.401. The Morgan fingerprint density at radius 3 is 2.73 bits per heavy atom. The van der Waals surface area contributed by atoms with Crippen molar-refractivity contribution in [1.29, 1.82) is 0 Å². The lowest BCUT2D eigenvalue weighted by Crippen LogP contribution is -2.39. The van der Waals surface area contributed by atoms with Gasteiger partial charge in [-0.05, 0) is 56.8 Å². The van der Waals surface area contributed by atoms with E-state index in [1.54, 1.807) is 12.1 Å². The first-order valence-corrected chi connectivity index (χ1v) is 12.2. The molecule has 1 aliphatic carbocycles. The van der Waals surface area contributed by atoms with Gasteiger partial charge in [0.25, 0.3) is 0 Å². The van der Waals surface area contributed by atoms with Crippen LogP contribution in [0.1, 0.15) is 51.9 Å². The number of nitrogen functional groups attached to an aromatic ring is 1. The third kappa shape index (κ3) is 5.82. The predicted molar refractivity (Wildman–Crippen MR) is 130 cm³/mol. The molecule has 0 spiro atoms. The molecule has 180 valence electrons. The Labute approximate surface area is 195 Å². The number of halogens is 1. The maximum atomic E-state index is 14.1. The number of anilines is 4. The molecule has 4 rings (SSSR count). The number of hydrogen-bond acceptors (Lipinski definition) is 8. The Morgan fingerprint density at radius 1 is 1.15 bits per heavy atom. The average molecular weight is 458 g/mol. The summed E-state index contributed by atoms with van der Waals surface area (Å²) >= 11 is 0. The van der Waals surface area contributed by atoms with Gasteiger partial charge >= 0.3 is 0 Å². The van der Waals surface area contributed by atoms with Crippen molar-refractivity contribution in [2.45, 2.75) is 57.9 Å². The first-order chi connectivity index (χ1) is 16.1. The van der Waals surface area contributed by atoms with Gasteiger partial charge in [-0.25, -0.2) is 4.39 Å². The van der Waals surface area contributed by atoms with Crippen LogP contribution in [0.15, 0.2) is 18.2 Å². The molecule has 2 aromatic rings. The Balaban J connectivity index is 1.62. The molecule has 0 amide bonds. The number of nitrogens with zero attached hydrogens (tertiary/aromatic N) is 5. The van der Waals surface area contributed by atoms with Crippen LogP contribution in [0, 0.1) is 11.7 Å². The SMILES string of the molecule is CCN1CCCC1CN(c1ccc(F)c(OC)c1)c1nc(N)nc(NCC2CCCCC2)n1. The monoisotopic (exact) mass is 457 g/mol. The number of likely N-dealkylation sites (tertiary alicyclic amines) is 1. The van der Waals surface area contributed by atoms with Crippen LogP contribution in [-0.4, -0.2) is 59.2 Å². The maximum absolute atomic E-state index is 14.1. The summed E-state index contributed by atoms with van der Waals surface area (Å²) in [5.41, 5.74) is 6.87. The average Bonchev–Trinajstić information content (AvgIpc) is 3.29. The normalized spacial score (nSPS) is 19.5. The summed E-state index contributed by atoms with van der Waals surface area (Å²) in [5.74, 6) is 1.54. The molecule has 8 nitrogen and oxygen atoms in total. The first-order valence-electron chi connectivity index (χ1n) is 12.2. The quantitative estimate of drug-likeness (QED) is 0.578. The van der Waals surface area contributed by atoms with Gasteiger partial charge in [0.15, 0.2) is 11.6 Å². The number of nitrogens with two attached hydrogens (primary N) is 1. The summed E-state index contributed by atoms with van der Waals surface area (Å²) in [6.45, 7) is 5.75. The third-order valence-corrected chi connectivity index (χ3v) is 6.90. The zero-order valence-corrected chi connectivity index (χ0v) is 19.8. The van der Waals surface area contributed by atoms with E-state index >= 15 is 0 Å². The van der Waals surface area contributed by atoms with Gasteiger partial charge in [0.1, 0.15) is 0 Å². The maximum Gasteiger partial charge on any atom is 0.236 e. The number of rotatable bonds is 9. The zero-order valence-electron chi connectivity index (χ0n) is 19.8. The smallest absolute Gasteiger partial charge is 0.236 e. The van der Waals surface area contributed by atoms with Crippen molar-refractivity contribution in [3.8, 4) is 5.75 Å². The van der Waals surface area contributed by atoms with E-state index in [-0.39, 0.29) is 11.7 Å². The molecule has 1 aliphatic heterocycles. The molecule has 0 bridgehead atoms. The van der Waals surface area contributed by atoms with Crippen LogP contribution in [0.2, 0.25) is 0 Å². The van der Waals surface area contributed by atoms with Gasteiger partial charge in [-0.15, -0.1) is 0 Å².